The average Bonchev–Trinajstić information content (AvgIpc) is 2.08. The number of anilines is 1. The Morgan fingerprint density at radius 3 is 2.64 bits per heavy atom. The van der Waals surface area contributed by atoms with Gasteiger partial charge in [0.15, 0.2) is 0 Å². The van der Waals surface area contributed by atoms with E-state index in [0.29, 0.717) is 6.20 Å². The Balaban J connectivity index is 3.45. The molecule has 1 aromatic heterocycles. The number of nitro groups is 1. The first kappa shape index (κ1) is 10.6. The van der Waals surface area contributed by atoms with Gasteiger partial charge in [0.25, 0.3) is 12.1 Å². The highest BCUT2D eigenvalue weighted by atomic mass is 35.5. The number of nitrogens with two attached hydrogens (primary N) is 1. The molecule has 0 saturated carbocycles. The number of hydrogen-bond acceptors (Lipinski definition) is 4. The van der Waals surface area contributed by atoms with Gasteiger partial charge in [0.1, 0.15) is 17.6 Å². The van der Waals surface area contributed by atoms with E-state index in [1.165, 1.54) is 0 Å². The third-order valence-corrected chi connectivity index (χ3v) is 1.88. The molecule has 0 spiro atoms. The van der Waals surface area contributed by atoms with E-state index in [-0.39, 0.29) is 5.82 Å². The second-order valence-corrected chi connectivity index (χ2v) is 2.69. The number of hydrogen-bond donors (Lipinski definition) is 1. The van der Waals surface area contributed by atoms with Crippen LogP contribution in [0.1, 0.15) is 12.0 Å². The van der Waals surface area contributed by atoms with Crippen LogP contribution in [0.4, 0.5) is 20.3 Å². The van der Waals surface area contributed by atoms with Crippen LogP contribution in [0.15, 0.2) is 6.20 Å². The minimum Gasteiger partial charge on any atom is -0.382 e. The van der Waals surface area contributed by atoms with Crippen molar-refractivity contribution in [2.24, 2.45) is 0 Å². The predicted octanol–water partition coefficient (Wildman–Crippen LogP) is 2.16. The number of nitrogens with zero attached hydrogens (tertiary/aromatic N) is 2. The standard InChI is InChI=1S/C6H4ClF2N3O2/c7-4-3(5(8)9)2(12(13)14)1-11-6(4)10/h1,5H,(H2,10,11). The first-order valence-corrected chi connectivity index (χ1v) is 3.69. The molecule has 1 aromatic rings. The maximum Gasteiger partial charge on any atom is 0.298 e. The highest BCUT2D eigenvalue weighted by molar-refractivity contribution is 6.33. The molecule has 2 N–H and O–H groups in total. The van der Waals surface area contributed by atoms with Crippen LogP contribution in [0.5, 0.6) is 0 Å². The van der Waals surface area contributed by atoms with E-state index in [4.69, 9.17) is 17.3 Å². The maximum absolute atomic E-state index is 12.4. The lowest BCUT2D eigenvalue weighted by atomic mass is 10.2. The Morgan fingerprint density at radius 1 is 1.64 bits per heavy atom. The van der Waals surface area contributed by atoms with Crippen LogP contribution in [0.25, 0.3) is 0 Å². The van der Waals surface area contributed by atoms with Crippen LogP contribution < -0.4 is 5.73 Å². The zero-order chi connectivity index (χ0) is 10.9. The fraction of sp³-hybridized carbons (Fsp3) is 0.167. The normalized spacial score (nSPS) is 10.6. The SMILES string of the molecule is Nc1ncc([N+](=O)[O-])c(C(F)F)c1Cl. The number of pyridine rings is 1. The molecule has 0 aliphatic heterocycles. The summed E-state index contributed by atoms with van der Waals surface area (Å²) in [5.41, 5.74) is 3.40. The van der Waals surface area contributed by atoms with Gasteiger partial charge in [0.05, 0.1) is 9.95 Å². The minimum absolute atomic E-state index is 0.354. The molecular weight excluding hydrogens is 220 g/mol. The number of halogens is 3. The van der Waals surface area contributed by atoms with Crippen LogP contribution in [-0.2, 0) is 0 Å². The second kappa shape index (κ2) is 3.70. The summed E-state index contributed by atoms with van der Waals surface area (Å²) < 4.78 is 24.7. The molecule has 1 rings (SSSR count). The fourth-order valence-corrected chi connectivity index (χ4v) is 1.09. The Bertz CT molecular complexity index is 386. The summed E-state index contributed by atoms with van der Waals surface area (Å²) in [5.74, 6) is -0.354. The molecule has 0 aromatic carbocycles. The molecule has 0 radical (unpaired) electrons. The van der Waals surface area contributed by atoms with Gasteiger partial charge in [-0.3, -0.25) is 10.1 Å². The molecule has 8 heteroatoms. The molecular formula is C6H4ClF2N3O2. The summed E-state index contributed by atoms with van der Waals surface area (Å²) in [5, 5.41) is 9.75. The first-order chi connectivity index (χ1) is 6.45. The van der Waals surface area contributed by atoms with Crippen molar-refractivity contribution in [2.45, 2.75) is 6.43 Å². The van der Waals surface area contributed by atoms with Crippen LogP contribution in [0.3, 0.4) is 0 Å². The Labute approximate surface area is 81.6 Å². The van der Waals surface area contributed by atoms with Crippen molar-refractivity contribution in [1.29, 1.82) is 0 Å². The third-order valence-electron chi connectivity index (χ3n) is 1.48. The van der Waals surface area contributed by atoms with E-state index in [0.717, 1.165) is 0 Å². The Kier molecular flexibility index (Phi) is 2.80. The van der Waals surface area contributed by atoms with Gasteiger partial charge in [0, 0.05) is 0 Å². The zero-order valence-corrected chi connectivity index (χ0v) is 7.33. The Hall–Kier alpha value is -1.50. The van der Waals surface area contributed by atoms with Gasteiger partial charge in [-0.25, -0.2) is 13.8 Å². The number of alkyl halides is 2. The molecule has 0 aliphatic carbocycles. The summed E-state index contributed by atoms with van der Waals surface area (Å²) in [6.07, 6.45) is -2.41. The van der Waals surface area contributed by atoms with Crippen LogP contribution in [0.2, 0.25) is 5.02 Å². The topological polar surface area (TPSA) is 82.0 Å². The molecule has 0 atom stereocenters. The Morgan fingerprint density at radius 2 is 2.21 bits per heavy atom. The van der Waals surface area contributed by atoms with Crippen LogP contribution in [-0.4, -0.2) is 9.91 Å². The van der Waals surface area contributed by atoms with Crippen molar-refractivity contribution in [1.82, 2.24) is 4.98 Å². The highest BCUT2D eigenvalue weighted by Gasteiger charge is 2.27. The van der Waals surface area contributed by atoms with Crippen molar-refractivity contribution in [2.75, 3.05) is 5.73 Å². The van der Waals surface area contributed by atoms with Crippen LogP contribution in [0, 0.1) is 10.1 Å². The fourth-order valence-electron chi connectivity index (χ4n) is 0.860. The number of nitrogen functional groups attached to an aromatic ring is 1. The molecule has 76 valence electrons. The van der Waals surface area contributed by atoms with Crippen molar-refractivity contribution >= 4 is 23.1 Å². The third kappa shape index (κ3) is 1.72. The maximum atomic E-state index is 12.4. The second-order valence-electron chi connectivity index (χ2n) is 2.31. The molecule has 5 nitrogen and oxygen atoms in total. The molecule has 0 unspecified atom stereocenters. The summed E-state index contributed by atoms with van der Waals surface area (Å²) in [4.78, 5) is 12.6. The van der Waals surface area contributed by atoms with E-state index in [2.05, 4.69) is 4.98 Å². The first-order valence-electron chi connectivity index (χ1n) is 3.31. The predicted molar refractivity (Wildman–Crippen MR) is 45.3 cm³/mol. The lowest BCUT2D eigenvalue weighted by Crippen LogP contribution is -2.02. The van der Waals surface area contributed by atoms with E-state index >= 15 is 0 Å². The molecule has 1 heterocycles. The van der Waals surface area contributed by atoms with Crippen molar-refractivity contribution in [3.63, 3.8) is 0 Å². The summed E-state index contributed by atoms with van der Waals surface area (Å²) in [6.45, 7) is 0. The highest BCUT2D eigenvalue weighted by Crippen LogP contribution is 2.36. The van der Waals surface area contributed by atoms with Gasteiger partial charge in [-0.2, -0.15) is 0 Å². The smallest absolute Gasteiger partial charge is 0.298 e. The average molecular weight is 224 g/mol. The van der Waals surface area contributed by atoms with Gasteiger partial charge in [-0.15, -0.1) is 0 Å². The van der Waals surface area contributed by atoms with E-state index in [9.17, 15) is 18.9 Å². The van der Waals surface area contributed by atoms with Crippen molar-refractivity contribution in [3.8, 4) is 0 Å². The molecule has 0 bridgehead atoms. The van der Waals surface area contributed by atoms with E-state index in [1.807, 2.05) is 0 Å². The molecule has 0 saturated heterocycles. The summed E-state index contributed by atoms with van der Waals surface area (Å²) in [6, 6.07) is 0. The molecule has 0 aliphatic rings. The number of rotatable bonds is 2. The lowest BCUT2D eigenvalue weighted by Gasteiger charge is -2.04. The van der Waals surface area contributed by atoms with Gasteiger partial charge in [-0.1, -0.05) is 11.6 Å². The summed E-state index contributed by atoms with van der Waals surface area (Å²) >= 11 is 5.37. The lowest BCUT2D eigenvalue weighted by molar-refractivity contribution is -0.386. The van der Waals surface area contributed by atoms with Gasteiger partial charge in [-0.05, 0) is 0 Å². The molecule has 0 amide bonds. The van der Waals surface area contributed by atoms with Gasteiger partial charge >= 0.3 is 0 Å². The molecule has 0 fully saturated rings. The summed E-state index contributed by atoms with van der Waals surface area (Å²) in [7, 11) is 0. The monoisotopic (exact) mass is 223 g/mol. The van der Waals surface area contributed by atoms with Crippen LogP contribution >= 0.6 is 11.6 Å². The van der Waals surface area contributed by atoms with Gasteiger partial charge in [0.2, 0.25) is 0 Å². The minimum atomic E-state index is -3.06. The number of aromatic nitrogens is 1. The van der Waals surface area contributed by atoms with E-state index in [1.54, 1.807) is 0 Å². The van der Waals surface area contributed by atoms with Crippen molar-refractivity contribution in [3.05, 3.63) is 26.9 Å². The van der Waals surface area contributed by atoms with Crippen molar-refractivity contribution < 1.29 is 13.7 Å². The zero-order valence-electron chi connectivity index (χ0n) is 6.58. The largest absolute Gasteiger partial charge is 0.382 e. The van der Waals surface area contributed by atoms with Gasteiger partial charge < -0.3 is 5.73 Å². The quantitative estimate of drug-likeness (QED) is 0.615. The van der Waals surface area contributed by atoms with E-state index < -0.39 is 27.6 Å². The molecule has 14 heavy (non-hydrogen) atoms.